The number of rotatable bonds is 3. The number of hydrogen-bond donors (Lipinski definition) is 3. The fourth-order valence-corrected chi connectivity index (χ4v) is 3.34. The molecular weight excluding hydrogens is 330 g/mol. The van der Waals surface area contributed by atoms with Gasteiger partial charge in [0.2, 0.25) is 0 Å². The Kier molecular flexibility index (Phi) is 4.18. The van der Waals surface area contributed by atoms with Crippen LogP contribution in [0.25, 0.3) is 11.3 Å². The second-order valence-corrected chi connectivity index (χ2v) is 6.38. The number of nitrogens with one attached hydrogen (secondary N) is 2. The first-order valence-corrected chi connectivity index (χ1v) is 8.48. The largest absolute Gasteiger partial charge is 0.390 e. The van der Waals surface area contributed by atoms with Crippen molar-refractivity contribution in [2.75, 3.05) is 5.32 Å². The molecule has 0 aliphatic heterocycles. The average Bonchev–Trinajstić information content (AvgIpc) is 3.16. The summed E-state index contributed by atoms with van der Waals surface area (Å²) < 4.78 is 5.39. The maximum absolute atomic E-state index is 12.6. The van der Waals surface area contributed by atoms with Crippen molar-refractivity contribution in [3.63, 3.8) is 0 Å². The summed E-state index contributed by atoms with van der Waals surface area (Å²) in [5.41, 5.74) is 3.94. The first-order chi connectivity index (χ1) is 12.6. The number of aliphatic hydroxyl groups excluding tert-OH is 1. The van der Waals surface area contributed by atoms with E-state index in [2.05, 4.69) is 15.8 Å². The fourth-order valence-electron chi connectivity index (χ4n) is 3.34. The number of fused-ring (bicyclic) bond motifs is 1. The van der Waals surface area contributed by atoms with Crippen LogP contribution in [0.1, 0.15) is 22.9 Å². The number of aliphatic hydroxyl groups is 1. The highest BCUT2D eigenvalue weighted by atomic mass is 16.5. The molecule has 2 amide bonds. The molecule has 2 aromatic carbocycles. The average molecular weight is 349 g/mol. The van der Waals surface area contributed by atoms with Gasteiger partial charge in [0.1, 0.15) is 11.4 Å². The summed E-state index contributed by atoms with van der Waals surface area (Å²) in [4.78, 5) is 12.6. The molecule has 1 aliphatic rings. The van der Waals surface area contributed by atoms with Gasteiger partial charge in [0.25, 0.3) is 0 Å². The van der Waals surface area contributed by atoms with Gasteiger partial charge in [-0.15, -0.1) is 0 Å². The van der Waals surface area contributed by atoms with Crippen LogP contribution in [-0.4, -0.2) is 22.4 Å². The van der Waals surface area contributed by atoms with Crippen LogP contribution in [0.3, 0.4) is 0 Å². The molecule has 0 saturated heterocycles. The fraction of sp³-hybridized carbons (Fsp3) is 0.200. The van der Waals surface area contributed by atoms with Crippen molar-refractivity contribution in [3.05, 3.63) is 71.4 Å². The second-order valence-electron chi connectivity index (χ2n) is 6.38. The predicted octanol–water partition coefficient (Wildman–Crippen LogP) is 3.43. The smallest absolute Gasteiger partial charge is 0.319 e. The molecule has 2 atom stereocenters. The Hall–Kier alpha value is -3.12. The molecule has 1 aliphatic carbocycles. The van der Waals surface area contributed by atoms with Gasteiger partial charge in [0, 0.05) is 12.0 Å². The van der Waals surface area contributed by atoms with E-state index >= 15 is 0 Å². The summed E-state index contributed by atoms with van der Waals surface area (Å²) in [6.45, 7) is 1.77. The molecule has 0 saturated carbocycles. The van der Waals surface area contributed by atoms with E-state index in [-0.39, 0.29) is 0 Å². The highest BCUT2D eigenvalue weighted by Crippen LogP contribution is 2.33. The molecule has 132 valence electrons. The van der Waals surface area contributed by atoms with Crippen molar-refractivity contribution >= 4 is 11.7 Å². The Labute approximate surface area is 150 Å². The number of benzene rings is 2. The lowest BCUT2D eigenvalue weighted by molar-refractivity contribution is 0.144. The van der Waals surface area contributed by atoms with E-state index in [1.165, 1.54) is 0 Å². The molecule has 6 nitrogen and oxygen atoms in total. The van der Waals surface area contributed by atoms with E-state index in [0.717, 1.165) is 16.7 Å². The number of hydrogen-bond acceptors (Lipinski definition) is 4. The van der Waals surface area contributed by atoms with Gasteiger partial charge in [0.05, 0.1) is 12.1 Å². The van der Waals surface area contributed by atoms with Gasteiger partial charge in [-0.2, -0.15) is 0 Å². The van der Waals surface area contributed by atoms with Gasteiger partial charge in [-0.3, -0.25) is 0 Å². The second kappa shape index (κ2) is 6.65. The Morgan fingerprint density at radius 3 is 2.69 bits per heavy atom. The highest BCUT2D eigenvalue weighted by Gasteiger charge is 2.32. The number of anilines is 1. The van der Waals surface area contributed by atoms with E-state index in [4.69, 9.17) is 4.52 Å². The third-order valence-corrected chi connectivity index (χ3v) is 4.63. The lowest BCUT2D eigenvalue weighted by Crippen LogP contribution is -2.37. The zero-order chi connectivity index (χ0) is 18.1. The predicted molar refractivity (Wildman–Crippen MR) is 97.7 cm³/mol. The van der Waals surface area contributed by atoms with Crippen molar-refractivity contribution in [1.82, 2.24) is 10.5 Å². The van der Waals surface area contributed by atoms with Gasteiger partial charge in [-0.1, -0.05) is 59.8 Å². The minimum Gasteiger partial charge on any atom is -0.390 e. The van der Waals surface area contributed by atoms with E-state index in [9.17, 15) is 9.90 Å². The molecule has 0 fully saturated rings. The Balaban J connectivity index is 1.54. The first-order valence-electron chi connectivity index (χ1n) is 8.48. The minimum atomic E-state index is -0.643. The van der Waals surface area contributed by atoms with Gasteiger partial charge < -0.3 is 20.3 Å². The van der Waals surface area contributed by atoms with Crippen LogP contribution < -0.4 is 10.6 Å². The summed E-state index contributed by atoms with van der Waals surface area (Å²) >= 11 is 0. The molecule has 0 radical (unpaired) electrons. The number of aryl methyl sites for hydroxylation is 1. The molecule has 0 bridgehead atoms. The monoisotopic (exact) mass is 349 g/mol. The number of urea groups is 1. The normalized spacial score (nSPS) is 18.4. The number of carbonyl (C=O) groups excluding carboxylic acids is 1. The topological polar surface area (TPSA) is 87.4 Å². The molecule has 1 aromatic heterocycles. The Morgan fingerprint density at radius 2 is 1.88 bits per heavy atom. The maximum atomic E-state index is 12.6. The number of aromatic nitrogens is 1. The lowest BCUT2D eigenvalue weighted by atomic mass is 10.1. The molecule has 26 heavy (non-hydrogen) atoms. The summed E-state index contributed by atoms with van der Waals surface area (Å²) in [7, 11) is 0. The molecule has 0 spiro atoms. The van der Waals surface area contributed by atoms with Crippen molar-refractivity contribution in [2.45, 2.75) is 25.5 Å². The van der Waals surface area contributed by atoms with Gasteiger partial charge in [0.15, 0.2) is 5.76 Å². The quantitative estimate of drug-likeness (QED) is 0.676. The van der Waals surface area contributed by atoms with E-state index in [1.807, 2.05) is 54.6 Å². The van der Waals surface area contributed by atoms with E-state index in [0.29, 0.717) is 23.6 Å². The molecule has 1 heterocycles. The SMILES string of the molecule is Cc1noc(-c2ccccc2)c1NC(=O)N[C@H]1c2ccccc2C[C@@H]1O. The third-order valence-electron chi connectivity index (χ3n) is 4.63. The zero-order valence-corrected chi connectivity index (χ0v) is 14.3. The number of amides is 2. The van der Waals surface area contributed by atoms with Crippen LogP contribution in [0, 0.1) is 6.92 Å². The van der Waals surface area contributed by atoms with Gasteiger partial charge >= 0.3 is 6.03 Å². The molecule has 6 heteroatoms. The standard InChI is InChI=1S/C20H19N3O3/c1-12-17(19(26-23-12)13-7-3-2-4-8-13)21-20(25)22-18-15-10-6-5-9-14(15)11-16(18)24/h2-10,16,18,24H,11H2,1H3,(H2,21,22,25)/t16-,18-/m0/s1. The van der Waals surface area contributed by atoms with Gasteiger partial charge in [-0.05, 0) is 18.1 Å². The molecule has 4 rings (SSSR count). The van der Waals surface area contributed by atoms with Crippen molar-refractivity contribution in [3.8, 4) is 11.3 Å². The molecule has 0 unspecified atom stereocenters. The summed E-state index contributed by atoms with van der Waals surface area (Å²) in [6, 6.07) is 16.4. The molecule has 3 N–H and O–H groups in total. The summed E-state index contributed by atoms with van der Waals surface area (Å²) in [6.07, 6.45) is -0.113. The van der Waals surface area contributed by atoms with Crippen LogP contribution in [-0.2, 0) is 6.42 Å². The van der Waals surface area contributed by atoms with Crippen molar-refractivity contribution in [1.29, 1.82) is 0 Å². The number of nitrogens with zero attached hydrogens (tertiary/aromatic N) is 1. The van der Waals surface area contributed by atoms with Crippen LogP contribution >= 0.6 is 0 Å². The van der Waals surface area contributed by atoms with E-state index < -0.39 is 18.2 Å². The van der Waals surface area contributed by atoms with Crippen LogP contribution in [0.2, 0.25) is 0 Å². The zero-order valence-electron chi connectivity index (χ0n) is 14.3. The third kappa shape index (κ3) is 2.95. The van der Waals surface area contributed by atoms with Crippen molar-refractivity contribution < 1.29 is 14.4 Å². The molecular formula is C20H19N3O3. The molecule has 3 aromatic rings. The highest BCUT2D eigenvalue weighted by molar-refractivity contribution is 5.94. The maximum Gasteiger partial charge on any atom is 0.319 e. The minimum absolute atomic E-state index is 0.408. The van der Waals surface area contributed by atoms with Crippen molar-refractivity contribution in [2.24, 2.45) is 0 Å². The van der Waals surface area contributed by atoms with Crippen LogP contribution in [0.4, 0.5) is 10.5 Å². The van der Waals surface area contributed by atoms with Crippen LogP contribution in [0.5, 0.6) is 0 Å². The first kappa shape index (κ1) is 16.4. The van der Waals surface area contributed by atoms with Gasteiger partial charge in [-0.25, -0.2) is 4.79 Å². The number of carbonyl (C=O) groups is 1. The van der Waals surface area contributed by atoms with Crippen LogP contribution in [0.15, 0.2) is 59.1 Å². The van der Waals surface area contributed by atoms with E-state index in [1.54, 1.807) is 6.92 Å². The summed E-state index contributed by atoms with van der Waals surface area (Å²) in [5.74, 6) is 0.505. The Morgan fingerprint density at radius 1 is 1.15 bits per heavy atom. The summed E-state index contributed by atoms with van der Waals surface area (Å²) in [5, 5.41) is 19.9. The Bertz CT molecular complexity index is 936. The lowest BCUT2D eigenvalue weighted by Gasteiger charge is -2.18.